The van der Waals surface area contributed by atoms with Crippen LogP contribution in [0.1, 0.15) is 19.4 Å². The van der Waals surface area contributed by atoms with Crippen LogP contribution in [0.3, 0.4) is 0 Å². The van der Waals surface area contributed by atoms with Gasteiger partial charge in [-0.25, -0.2) is 0 Å². The molecule has 0 aliphatic carbocycles. The number of rotatable bonds is 9. The maximum atomic E-state index is 12.4. The lowest BCUT2D eigenvalue weighted by Gasteiger charge is -2.18. The molecule has 0 saturated carbocycles. The summed E-state index contributed by atoms with van der Waals surface area (Å²) in [4.78, 5) is 14.4. The number of amides is 1. The monoisotopic (exact) mass is 342 g/mol. The molecular weight excluding hydrogens is 316 g/mol. The third-order valence-electron chi connectivity index (χ3n) is 3.54. The lowest BCUT2D eigenvalue weighted by atomic mass is 10.2. The van der Waals surface area contributed by atoms with Gasteiger partial charge in [0.25, 0.3) is 0 Å². The first-order valence-electron chi connectivity index (χ1n) is 8.54. The van der Waals surface area contributed by atoms with E-state index in [0.29, 0.717) is 43.5 Å². The second-order valence-corrected chi connectivity index (χ2v) is 5.73. The van der Waals surface area contributed by atoms with E-state index in [1.807, 2.05) is 68.3 Å². The maximum Gasteiger partial charge on any atom is 0.238 e. The standard InChI is InChI=1S/C20H26N2O3/c1-4-24-17-11-12-19(25-5-2)18(13-17)21-20(23)15-22(3)14-16-9-7-6-8-10-16/h6-13H,4-5,14-15H2,1-3H3,(H,21,23). The van der Waals surface area contributed by atoms with E-state index in [2.05, 4.69) is 5.32 Å². The number of hydrogen-bond acceptors (Lipinski definition) is 4. The summed E-state index contributed by atoms with van der Waals surface area (Å²) in [5.74, 6) is 1.26. The van der Waals surface area contributed by atoms with Crippen LogP contribution in [-0.4, -0.2) is 37.6 Å². The summed E-state index contributed by atoms with van der Waals surface area (Å²) in [5.41, 5.74) is 1.80. The van der Waals surface area contributed by atoms with Crippen LogP contribution in [-0.2, 0) is 11.3 Å². The van der Waals surface area contributed by atoms with E-state index in [1.165, 1.54) is 5.56 Å². The molecule has 0 bridgehead atoms. The summed E-state index contributed by atoms with van der Waals surface area (Å²) in [6.45, 7) is 5.94. The van der Waals surface area contributed by atoms with Crippen molar-refractivity contribution in [2.24, 2.45) is 0 Å². The van der Waals surface area contributed by atoms with E-state index < -0.39 is 0 Å². The van der Waals surface area contributed by atoms with Gasteiger partial charge in [0, 0.05) is 12.6 Å². The van der Waals surface area contributed by atoms with Crippen molar-refractivity contribution in [3.63, 3.8) is 0 Å². The van der Waals surface area contributed by atoms with Crippen molar-refractivity contribution in [2.45, 2.75) is 20.4 Å². The molecule has 2 aromatic carbocycles. The molecule has 5 nitrogen and oxygen atoms in total. The van der Waals surface area contributed by atoms with Crippen molar-refractivity contribution < 1.29 is 14.3 Å². The number of hydrogen-bond donors (Lipinski definition) is 1. The minimum Gasteiger partial charge on any atom is -0.494 e. The highest BCUT2D eigenvalue weighted by Gasteiger charge is 2.12. The molecule has 0 aliphatic heterocycles. The molecule has 0 unspecified atom stereocenters. The molecular formula is C20H26N2O3. The Hall–Kier alpha value is -2.53. The Labute approximate surface area is 149 Å². The predicted molar refractivity (Wildman–Crippen MR) is 100 cm³/mol. The summed E-state index contributed by atoms with van der Waals surface area (Å²) in [7, 11) is 1.92. The van der Waals surface area contributed by atoms with Gasteiger partial charge in [0.1, 0.15) is 11.5 Å². The summed E-state index contributed by atoms with van der Waals surface area (Å²) < 4.78 is 11.1. The normalized spacial score (nSPS) is 10.6. The number of benzene rings is 2. The van der Waals surface area contributed by atoms with Gasteiger partial charge in [-0.05, 0) is 38.6 Å². The van der Waals surface area contributed by atoms with E-state index in [1.54, 1.807) is 6.07 Å². The van der Waals surface area contributed by atoms with Crippen LogP contribution in [0.2, 0.25) is 0 Å². The third kappa shape index (κ3) is 6.12. The van der Waals surface area contributed by atoms with Gasteiger partial charge < -0.3 is 14.8 Å². The molecule has 0 fully saturated rings. The Morgan fingerprint density at radius 2 is 1.76 bits per heavy atom. The van der Waals surface area contributed by atoms with Gasteiger partial charge in [-0.1, -0.05) is 30.3 Å². The van der Waals surface area contributed by atoms with Crippen LogP contribution in [0.5, 0.6) is 11.5 Å². The average Bonchev–Trinajstić information content (AvgIpc) is 2.58. The van der Waals surface area contributed by atoms with Crippen molar-refractivity contribution in [3.8, 4) is 11.5 Å². The van der Waals surface area contributed by atoms with Gasteiger partial charge in [0.2, 0.25) is 5.91 Å². The van der Waals surface area contributed by atoms with Crippen molar-refractivity contribution in [2.75, 3.05) is 32.1 Å². The summed E-state index contributed by atoms with van der Waals surface area (Å²) in [6, 6.07) is 15.5. The number of likely N-dealkylation sites (N-methyl/N-ethyl adjacent to an activating group) is 1. The molecule has 0 spiro atoms. The van der Waals surface area contributed by atoms with Gasteiger partial charge in [0.15, 0.2) is 0 Å². The molecule has 134 valence electrons. The van der Waals surface area contributed by atoms with Crippen molar-refractivity contribution >= 4 is 11.6 Å². The molecule has 0 aromatic heterocycles. The first-order chi connectivity index (χ1) is 12.1. The van der Waals surface area contributed by atoms with Crippen LogP contribution in [0, 0.1) is 0 Å². The number of ether oxygens (including phenoxy) is 2. The molecule has 25 heavy (non-hydrogen) atoms. The largest absolute Gasteiger partial charge is 0.494 e. The smallest absolute Gasteiger partial charge is 0.238 e. The van der Waals surface area contributed by atoms with Crippen LogP contribution in [0.25, 0.3) is 0 Å². The minimum absolute atomic E-state index is 0.0898. The molecule has 0 saturated heterocycles. The second-order valence-electron chi connectivity index (χ2n) is 5.73. The Balaban J connectivity index is 1.99. The minimum atomic E-state index is -0.0898. The summed E-state index contributed by atoms with van der Waals surface area (Å²) in [6.07, 6.45) is 0. The summed E-state index contributed by atoms with van der Waals surface area (Å²) in [5, 5.41) is 2.93. The molecule has 0 aliphatic rings. The first kappa shape index (κ1) is 18.8. The third-order valence-corrected chi connectivity index (χ3v) is 3.54. The summed E-state index contributed by atoms with van der Waals surface area (Å²) >= 11 is 0. The van der Waals surface area contributed by atoms with E-state index in [0.717, 1.165) is 0 Å². The Morgan fingerprint density at radius 3 is 2.44 bits per heavy atom. The quantitative estimate of drug-likeness (QED) is 0.757. The number of nitrogens with one attached hydrogen (secondary N) is 1. The highest BCUT2D eigenvalue weighted by molar-refractivity contribution is 5.94. The Kier molecular flexibility index (Phi) is 7.29. The van der Waals surface area contributed by atoms with Gasteiger partial charge in [0.05, 0.1) is 25.4 Å². The zero-order valence-electron chi connectivity index (χ0n) is 15.1. The van der Waals surface area contributed by atoms with Crippen LogP contribution in [0.4, 0.5) is 5.69 Å². The second kappa shape index (κ2) is 9.69. The first-order valence-corrected chi connectivity index (χ1v) is 8.54. The molecule has 1 N–H and O–H groups in total. The van der Waals surface area contributed by atoms with Crippen LogP contribution >= 0.6 is 0 Å². The van der Waals surface area contributed by atoms with Gasteiger partial charge in [-0.3, -0.25) is 9.69 Å². The molecule has 2 rings (SSSR count). The fourth-order valence-corrected chi connectivity index (χ4v) is 2.53. The number of anilines is 1. The Bertz CT molecular complexity index is 674. The average molecular weight is 342 g/mol. The van der Waals surface area contributed by atoms with Crippen molar-refractivity contribution in [1.82, 2.24) is 4.90 Å². The Morgan fingerprint density at radius 1 is 1.04 bits per heavy atom. The predicted octanol–water partition coefficient (Wildman–Crippen LogP) is 3.55. The van der Waals surface area contributed by atoms with Gasteiger partial charge >= 0.3 is 0 Å². The number of carbonyl (C=O) groups is 1. The molecule has 1 amide bonds. The SMILES string of the molecule is CCOc1ccc(OCC)c(NC(=O)CN(C)Cc2ccccc2)c1. The molecule has 0 radical (unpaired) electrons. The fourth-order valence-electron chi connectivity index (χ4n) is 2.53. The topological polar surface area (TPSA) is 50.8 Å². The highest BCUT2D eigenvalue weighted by atomic mass is 16.5. The van der Waals surface area contributed by atoms with Gasteiger partial charge in [-0.2, -0.15) is 0 Å². The molecule has 2 aromatic rings. The van der Waals surface area contributed by atoms with E-state index in [9.17, 15) is 4.79 Å². The number of nitrogens with zero attached hydrogens (tertiary/aromatic N) is 1. The highest BCUT2D eigenvalue weighted by Crippen LogP contribution is 2.29. The lowest BCUT2D eigenvalue weighted by molar-refractivity contribution is -0.117. The van der Waals surface area contributed by atoms with E-state index in [-0.39, 0.29) is 5.91 Å². The van der Waals surface area contributed by atoms with E-state index in [4.69, 9.17) is 9.47 Å². The fraction of sp³-hybridized carbons (Fsp3) is 0.350. The molecule has 5 heteroatoms. The zero-order chi connectivity index (χ0) is 18.1. The van der Waals surface area contributed by atoms with Crippen molar-refractivity contribution in [3.05, 3.63) is 54.1 Å². The van der Waals surface area contributed by atoms with Crippen molar-refractivity contribution in [1.29, 1.82) is 0 Å². The van der Waals surface area contributed by atoms with Crippen LogP contribution in [0.15, 0.2) is 48.5 Å². The zero-order valence-corrected chi connectivity index (χ0v) is 15.1. The van der Waals surface area contributed by atoms with Gasteiger partial charge in [-0.15, -0.1) is 0 Å². The van der Waals surface area contributed by atoms with E-state index >= 15 is 0 Å². The maximum absolute atomic E-state index is 12.4. The lowest BCUT2D eigenvalue weighted by Crippen LogP contribution is -2.30. The molecule has 0 atom stereocenters. The molecule has 0 heterocycles. The number of carbonyl (C=O) groups excluding carboxylic acids is 1. The van der Waals surface area contributed by atoms with Crippen LogP contribution < -0.4 is 14.8 Å².